The summed E-state index contributed by atoms with van der Waals surface area (Å²) in [7, 11) is 1.68. The van der Waals surface area contributed by atoms with Crippen molar-refractivity contribution in [2.75, 3.05) is 38.3 Å². The van der Waals surface area contributed by atoms with Crippen LogP contribution in [0.3, 0.4) is 0 Å². The summed E-state index contributed by atoms with van der Waals surface area (Å²) >= 11 is 0. The van der Waals surface area contributed by atoms with Gasteiger partial charge in [-0.1, -0.05) is 25.1 Å². The van der Waals surface area contributed by atoms with Crippen molar-refractivity contribution in [1.82, 2.24) is 0 Å². The molecule has 1 aromatic rings. The fourth-order valence-corrected chi connectivity index (χ4v) is 1.98. The van der Waals surface area contributed by atoms with Gasteiger partial charge in [-0.15, -0.1) is 0 Å². The van der Waals surface area contributed by atoms with Crippen LogP contribution in [0.25, 0.3) is 0 Å². The lowest BCUT2D eigenvalue weighted by atomic mass is 10.0. The van der Waals surface area contributed by atoms with Gasteiger partial charge in [0.15, 0.2) is 0 Å². The van der Waals surface area contributed by atoms with Crippen LogP contribution in [0.1, 0.15) is 24.9 Å². The van der Waals surface area contributed by atoms with Crippen LogP contribution in [0.5, 0.6) is 0 Å². The molecule has 4 heteroatoms. The molecule has 0 spiro atoms. The standard InChI is InChI=1S/C14H24N2O2/c1-3-13(15)12-6-4-5-7-14(12)16(8-10-17)9-11-18-2/h4-7,13,17H,3,8-11,15H2,1-2H3/t13-/m0/s1. The molecule has 102 valence electrons. The van der Waals surface area contributed by atoms with Gasteiger partial charge < -0.3 is 20.5 Å². The second-order valence-electron chi connectivity index (χ2n) is 4.28. The Bertz CT molecular complexity index is 344. The Labute approximate surface area is 109 Å². The number of anilines is 1. The quantitative estimate of drug-likeness (QED) is 0.737. The van der Waals surface area contributed by atoms with Crippen LogP contribution in [0.15, 0.2) is 24.3 Å². The van der Waals surface area contributed by atoms with Gasteiger partial charge in [-0.3, -0.25) is 0 Å². The van der Waals surface area contributed by atoms with E-state index in [1.54, 1.807) is 7.11 Å². The molecule has 0 saturated carbocycles. The molecular weight excluding hydrogens is 228 g/mol. The van der Waals surface area contributed by atoms with Crippen LogP contribution >= 0.6 is 0 Å². The van der Waals surface area contributed by atoms with E-state index < -0.39 is 0 Å². The molecule has 1 rings (SSSR count). The van der Waals surface area contributed by atoms with Crippen molar-refractivity contribution in [3.05, 3.63) is 29.8 Å². The second kappa shape index (κ2) is 8.08. The predicted molar refractivity (Wildman–Crippen MR) is 74.8 cm³/mol. The SMILES string of the molecule is CC[C@H](N)c1ccccc1N(CCO)CCOC. The molecule has 0 amide bonds. The van der Waals surface area contributed by atoms with Crippen LogP contribution in [0.2, 0.25) is 0 Å². The topological polar surface area (TPSA) is 58.7 Å². The number of aliphatic hydroxyl groups excluding tert-OH is 1. The van der Waals surface area contributed by atoms with Crippen molar-refractivity contribution in [2.24, 2.45) is 5.73 Å². The number of hydrogen-bond donors (Lipinski definition) is 2. The average Bonchev–Trinajstić information content (AvgIpc) is 2.42. The van der Waals surface area contributed by atoms with Crippen LogP contribution in [0, 0.1) is 0 Å². The number of ether oxygens (including phenoxy) is 1. The summed E-state index contributed by atoms with van der Waals surface area (Å²) in [6, 6.07) is 8.14. The Hall–Kier alpha value is -1.10. The molecule has 3 N–H and O–H groups in total. The first-order valence-corrected chi connectivity index (χ1v) is 6.43. The Morgan fingerprint density at radius 3 is 2.67 bits per heavy atom. The fourth-order valence-electron chi connectivity index (χ4n) is 1.98. The fraction of sp³-hybridized carbons (Fsp3) is 0.571. The van der Waals surface area contributed by atoms with Gasteiger partial charge in [0, 0.05) is 31.9 Å². The van der Waals surface area contributed by atoms with Crippen molar-refractivity contribution >= 4 is 5.69 Å². The number of benzene rings is 1. The van der Waals surface area contributed by atoms with E-state index in [2.05, 4.69) is 24.0 Å². The van der Waals surface area contributed by atoms with Gasteiger partial charge in [-0.05, 0) is 18.1 Å². The van der Waals surface area contributed by atoms with E-state index in [-0.39, 0.29) is 12.6 Å². The number of nitrogens with zero attached hydrogens (tertiary/aromatic N) is 1. The van der Waals surface area contributed by atoms with Gasteiger partial charge in [-0.25, -0.2) is 0 Å². The van der Waals surface area contributed by atoms with Crippen LogP contribution in [0.4, 0.5) is 5.69 Å². The summed E-state index contributed by atoms with van der Waals surface area (Å²) in [5.74, 6) is 0. The lowest BCUT2D eigenvalue weighted by Crippen LogP contribution is -2.31. The number of methoxy groups -OCH3 is 1. The third-order valence-corrected chi connectivity index (χ3v) is 3.05. The van der Waals surface area contributed by atoms with Crippen molar-refractivity contribution in [1.29, 1.82) is 0 Å². The third kappa shape index (κ3) is 3.98. The number of aliphatic hydroxyl groups is 1. The van der Waals surface area contributed by atoms with Gasteiger partial charge in [0.05, 0.1) is 13.2 Å². The molecule has 0 fully saturated rings. The minimum absolute atomic E-state index is 0.0323. The summed E-state index contributed by atoms with van der Waals surface area (Å²) < 4.78 is 5.11. The van der Waals surface area contributed by atoms with Crippen molar-refractivity contribution < 1.29 is 9.84 Å². The number of nitrogens with two attached hydrogens (primary N) is 1. The summed E-state index contributed by atoms with van der Waals surface area (Å²) in [4.78, 5) is 2.12. The van der Waals surface area contributed by atoms with Crippen molar-refractivity contribution in [3.8, 4) is 0 Å². The molecule has 1 atom stereocenters. The lowest BCUT2D eigenvalue weighted by molar-refractivity contribution is 0.203. The number of hydrogen-bond acceptors (Lipinski definition) is 4. The Morgan fingerprint density at radius 1 is 1.33 bits per heavy atom. The van der Waals surface area contributed by atoms with Crippen LogP contribution < -0.4 is 10.6 Å². The van der Waals surface area contributed by atoms with Crippen LogP contribution in [-0.2, 0) is 4.74 Å². The first-order chi connectivity index (χ1) is 8.74. The molecule has 0 aliphatic carbocycles. The monoisotopic (exact) mass is 252 g/mol. The van der Waals surface area contributed by atoms with Gasteiger partial charge in [0.2, 0.25) is 0 Å². The molecule has 0 bridgehead atoms. The Balaban J connectivity index is 2.94. The minimum Gasteiger partial charge on any atom is -0.395 e. The summed E-state index contributed by atoms with van der Waals surface area (Å²) in [6.45, 7) is 4.18. The molecule has 1 aromatic carbocycles. The van der Waals surface area contributed by atoms with E-state index in [9.17, 15) is 5.11 Å². The molecule has 0 aliphatic heterocycles. The van der Waals surface area contributed by atoms with E-state index in [1.807, 2.05) is 12.1 Å². The normalized spacial score (nSPS) is 12.4. The number of para-hydroxylation sites is 1. The Kier molecular flexibility index (Phi) is 6.72. The Morgan fingerprint density at radius 2 is 2.06 bits per heavy atom. The van der Waals surface area contributed by atoms with Gasteiger partial charge in [-0.2, -0.15) is 0 Å². The van der Waals surface area contributed by atoms with E-state index >= 15 is 0 Å². The molecule has 18 heavy (non-hydrogen) atoms. The largest absolute Gasteiger partial charge is 0.395 e. The second-order valence-corrected chi connectivity index (χ2v) is 4.28. The maximum absolute atomic E-state index is 9.17. The maximum atomic E-state index is 9.17. The first kappa shape index (κ1) is 15.0. The zero-order chi connectivity index (χ0) is 13.4. The summed E-state index contributed by atoms with van der Waals surface area (Å²) in [5.41, 5.74) is 8.36. The summed E-state index contributed by atoms with van der Waals surface area (Å²) in [5, 5.41) is 9.17. The predicted octanol–water partition coefficient (Wildman–Crippen LogP) is 1.54. The molecule has 4 nitrogen and oxygen atoms in total. The molecule has 0 unspecified atom stereocenters. The lowest BCUT2D eigenvalue weighted by Gasteiger charge is -2.27. The van der Waals surface area contributed by atoms with E-state index in [0.29, 0.717) is 13.2 Å². The van der Waals surface area contributed by atoms with E-state index in [4.69, 9.17) is 10.5 Å². The van der Waals surface area contributed by atoms with E-state index in [1.165, 1.54) is 0 Å². The minimum atomic E-state index is 0.0323. The smallest absolute Gasteiger partial charge is 0.0637 e. The molecule has 0 aliphatic rings. The molecule has 0 heterocycles. The van der Waals surface area contributed by atoms with Gasteiger partial charge in [0.25, 0.3) is 0 Å². The third-order valence-electron chi connectivity index (χ3n) is 3.05. The highest BCUT2D eigenvalue weighted by atomic mass is 16.5. The van der Waals surface area contributed by atoms with Crippen molar-refractivity contribution in [3.63, 3.8) is 0 Å². The maximum Gasteiger partial charge on any atom is 0.0637 e. The van der Waals surface area contributed by atoms with Crippen molar-refractivity contribution in [2.45, 2.75) is 19.4 Å². The highest BCUT2D eigenvalue weighted by Crippen LogP contribution is 2.26. The molecule has 0 radical (unpaired) electrons. The highest BCUT2D eigenvalue weighted by Gasteiger charge is 2.14. The number of rotatable bonds is 8. The van der Waals surface area contributed by atoms with Gasteiger partial charge in [0.1, 0.15) is 0 Å². The average molecular weight is 252 g/mol. The molecule has 0 aromatic heterocycles. The van der Waals surface area contributed by atoms with E-state index in [0.717, 1.165) is 24.2 Å². The zero-order valence-corrected chi connectivity index (χ0v) is 11.3. The van der Waals surface area contributed by atoms with Crippen LogP contribution in [-0.4, -0.2) is 38.5 Å². The van der Waals surface area contributed by atoms with Gasteiger partial charge >= 0.3 is 0 Å². The highest BCUT2D eigenvalue weighted by molar-refractivity contribution is 5.55. The first-order valence-electron chi connectivity index (χ1n) is 6.43. The zero-order valence-electron chi connectivity index (χ0n) is 11.3. The molecular formula is C14H24N2O2. The summed E-state index contributed by atoms with van der Waals surface area (Å²) in [6.07, 6.45) is 0.897. The molecule has 0 saturated heterocycles.